The first-order valence-corrected chi connectivity index (χ1v) is 16.0. The predicted octanol–water partition coefficient (Wildman–Crippen LogP) is 6.52. The van der Waals surface area contributed by atoms with E-state index in [1.807, 2.05) is 31.2 Å². The van der Waals surface area contributed by atoms with Gasteiger partial charge in [-0.2, -0.15) is 0 Å². The Morgan fingerprint density at radius 1 is 1.19 bits per heavy atom. The molecule has 3 heterocycles. The summed E-state index contributed by atoms with van der Waals surface area (Å²) in [4.78, 5) is 46.8. The number of amides is 1. The third kappa shape index (κ3) is 6.37. The third-order valence-electron chi connectivity index (χ3n) is 9.27. The van der Waals surface area contributed by atoms with Crippen molar-refractivity contribution in [2.45, 2.75) is 76.9 Å². The Balaban J connectivity index is 1.29. The molecule has 1 aromatic heterocycles. The van der Waals surface area contributed by atoms with Crippen LogP contribution in [0.5, 0.6) is 5.19 Å². The van der Waals surface area contributed by atoms with Crippen molar-refractivity contribution in [2.24, 2.45) is 17.3 Å². The van der Waals surface area contributed by atoms with E-state index in [4.69, 9.17) is 4.74 Å². The number of benzene rings is 2. The van der Waals surface area contributed by atoms with Crippen LogP contribution in [0.2, 0.25) is 0 Å². The zero-order valence-electron chi connectivity index (χ0n) is 24.3. The van der Waals surface area contributed by atoms with Crippen LogP contribution < -0.4 is 4.74 Å². The summed E-state index contributed by atoms with van der Waals surface area (Å²) in [6.45, 7) is 2.25. The van der Waals surface area contributed by atoms with E-state index in [1.54, 1.807) is 11.0 Å². The van der Waals surface area contributed by atoms with E-state index >= 15 is 0 Å². The number of fused-ring (bicyclic) bond motifs is 3. The van der Waals surface area contributed by atoms with Crippen LogP contribution in [0.3, 0.4) is 0 Å². The van der Waals surface area contributed by atoms with E-state index in [-0.39, 0.29) is 48.7 Å². The molecule has 1 saturated carbocycles. The van der Waals surface area contributed by atoms with Crippen molar-refractivity contribution in [1.82, 2.24) is 9.88 Å². The largest absolute Gasteiger partial charge is 0.481 e. The van der Waals surface area contributed by atoms with Crippen LogP contribution >= 0.6 is 11.3 Å². The average molecular weight is 605 g/mol. The molecular formula is C34H37FN2O5S. The summed E-state index contributed by atoms with van der Waals surface area (Å²) < 4.78 is 20.6. The number of nitrogens with zero attached hydrogens (tertiary/aromatic N) is 2. The minimum atomic E-state index is -1.11. The van der Waals surface area contributed by atoms with Gasteiger partial charge in [0.05, 0.1) is 28.2 Å². The van der Waals surface area contributed by atoms with Crippen molar-refractivity contribution < 1.29 is 28.6 Å². The molecule has 5 atom stereocenters. The maximum atomic E-state index is 14.3. The number of ketones is 1. The van der Waals surface area contributed by atoms with Crippen molar-refractivity contribution in [3.8, 4) is 5.19 Å². The maximum absolute atomic E-state index is 14.3. The number of allylic oxidation sites excluding steroid dienone is 2. The number of hydrogen-bond acceptors (Lipinski definition) is 6. The number of halogens is 1. The first kappa shape index (κ1) is 29.5. The van der Waals surface area contributed by atoms with Crippen LogP contribution in [0.25, 0.3) is 10.2 Å². The summed E-state index contributed by atoms with van der Waals surface area (Å²) in [5.74, 6) is -2.10. The van der Waals surface area contributed by atoms with Gasteiger partial charge >= 0.3 is 5.97 Å². The van der Waals surface area contributed by atoms with Gasteiger partial charge in [-0.05, 0) is 68.7 Å². The van der Waals surface area contributed by atoms with Crippen LogP contribution in [0.4, 0.5) is 4.39 Å². The second-order valence-corrected chi connectivity index (χ2v) is 13.4. The molecule has 0 bridgehead atoms. The van der Waals surface area contributed by atoms with E-state index in [9.17, 15) is 23.9 Å². The fourth-order valence-electron chi connectivity index (χ4n) is 6.80. The lowest BCUT2D eigenvalue weighted by Gasteiger charge is -2.29. The number of ether oxygens (including phenoxy) is 1. The number of rotatable bonds is 5. The van der Waals surface area contributed by atoms with Crippen LogP contribution in [0.1, 0.15) is 62.5 Å². The molecule has 6 rings (SSSR count). The number of Topliss-reactive ketones (excluding diaryl/α,β-unsaturated/α-hetero) is 1. The molecule has 1 saturated heterocycles. The van der Waals surface area contributed by atoms with Crippen LogP contribution in [-0.2, 0) is 20.8 Å². The predicted molar refractivity (Wildman–Crippen MR) is 163 cm³/mol. The number of carbonyl (C=O) groups is 3. The van der Waals surface area contributed by atoms with Crippen molar-refractivity contribution in [3.05, 3.63) is 71.6 Å². The van der Waals surface area contributed by atoms with Crippen molar-refractivity contribution in [1.29, 1.82) is 0 Å². The summed E-state index contributed by atoms with van der Waals surface area (Å²) in [6.07, 6.45) is 9.13. The summed E-state index contributed by atoms with van der Waals surface area (Å²) in [5.41, 5.74) is 1.72. The molecule has 226 valence electrons. The Bertz CT molecular complexity index is 1570. The highest BCUT2D eigenvalue weighted by Crippen LogP contribution is 2.57. The molecule has 3 aromatic rings. The minimum Gasteiger partial charge on any atom is -0.481 e. The normalized spacial score (nSPS) is 28.9. The first-order chi connectivity index (χ1) is 20.7. The molecule has 0 unspecified atom stereocenters. The highest BCUT2D eigenvalue weighted by atomic mass is 32.1. The number of aryl methyl sites for hydroxylation is 1. The van der Waals surface area contributed by atoms with Gasteiger partial charge in [0.2, 0.25) is 5.91 Å². The molecule has 9 heteroatoms. The molecule has 43 heavy (non-hydrogen) atoms. The maximum Gasteiger partial charge on any atom is 0.310 e. The van der Waals surface area contributed by atoms with Gasteiger partial charge in [0.25, 0.3) is 5.19 Å². The quantitative estimate of drug-likeness (QED) is 0.333. The number of carboxylic acid groups (broad SMARTS) is 1. The third-order valence-corrected chi connectivity index (χ3v) is 10.2. The lowest BCUT2D eigenvalue weighted by atomic mass is 9.90. The number of thiazole rings is 1. The first-order valence-electron chi connectivity index (χ1n) is 15.2. The van der Waals surface area contributed by atoms with Gasteiger partial charge in [0.1, 0.15) is 11.9 Å². The van der Waals surface area contributed by atoms with Crippen molar-refractivity contribution in [3.63, 3.8) is 0 Å². The molecule has 1 N–H and O–H groups in total. The van der Waals surface area contributed by atoms with E-state index in [2.05, 4.69) is 17.1 Å². The van der Waals surface area contributed by atoms with Gasteiger partial charge in [-0.15, -0.1) is 0 Å². The van der Waals surface area contributed by atoms with Crippen molar-refractivity contribution >= 4 is 39.2 Å². The molecule has 3 aliphatic rings. The van der Waals surface area contributed by atoms with Crippen LogP contribution in [-0.4, -0.2) is 51.3 Å². The lowest BCUT2D eigenvalue weighted by molar-refractivity contribution is -0.147. The molecule has 0 spiro atoms. The molecule has 0 radical (unpaired) electrons. The van der Waals surface area contributed by atoms with Crippen LogP contribution in [0, 0.1) is 30.0 Å². The van der Waals surface area contributed by atoms with E-state index < -0.39 is 23.5 Å². The molecule has 2 aliphatic heterocycles. The topological polar surface area (TPSA) is 96.8 Å². The number of hydrogen-bond donors (Lipinski definition) is 1. The standard InChI is InChI=1S/C34H37FN2O5S/c1-21-8-7-9-22(14-21)15-23-10-5-3-2-4-6-11-24-18-34(24,32(40)41)19-29(38)28-17-26(20-37(28)31(23)39)42-33-36-27-13-12-25(35)16-30(27)43-33/h6-9,11-14,16,23-24,26,28H,2-5,10,15,17-20H2,1H3,(H,40,41)/b11-6-/t23-,24-,26-,28+,34-/m1/s1. The van der Waals surface area contributed by atoms with Crippen LogP contribution in [0.15, 0.2) is 54.6 Å². The Kier molecular flexibility index (Phi) is 8.36. The second-order valence-electron chi connectivity index (χ2n) is 12.4. The zero-order valence-corrected chi connectivity index (χ0v) is 25.2. The number of aromatic nitrogens is 1. The van der Waals surface area contributed by atoms with Gasteiger partial charge in [-0.3, -0.25) is 14.4 Å². The fourth-order valence-corrected chi connectivity index (χ4v) is 7.71. The zero-order chi connectivity index (χ0) is 30.1. The number of aliphatic carboxylic acids is 1. The highest BCUT2D eigenvalue weighted by molar-refractivity contribution is 7.20. The molecule has 2 fully saturated rings. The Morgan fingerprint density at radius 2 is 2.05 bits per heavy atom. The van der Waals surface area contributed by atoms with Gasteiger partial charge in [-0.1, -0.05) is 66.2 Å². The van der Waals surface area contributed by atoms with Gasteiger partial charge in [-0.25, -0.2) is 9.37 Å². The fraction of sp³-hybridized carbons (Fsp3) is 0.471. The Morgan fingerprint density at radius 3 is 2.86 bits per heavy atom. The second kappa shape index (κ2) is 12.2. The highest BCUT2D eigenvalue weighted by Gasteiger charge is 2.61. The van der Waals surface area contributed by atoms with Gasteiger partial charge < -0.3 is 14.7 Å². The SMILES string of the molecule is Cc1cccc(C[C@H]2CCCCC/C=C\[C@@H]3C[C@@]3(C(=O)O)CC(=O)[C@@H]3C[C@@H](Oc4nc5ccc(F)cc5s4)CN3C2=O)c1. The molecule has 1 amide bonds. The van der Waals surface area contributed by atoms with Gasteiger partial charge in [0, 0.05) is 18.8 Å². The molecule has 7 nitrogen and oxygen atoms in total. The van der Waals surface area contributed by atoms with E-state index in [0.717, 1.165) is 36.8 Å². The summed E-state index contributed by atoms with van der Waals surface area (Å²) in [7, 11) is 0. The Labute approximate surface area is 254 Å². The minimum absolute atomic E-state index is 0.0814. The number of carbonyl (C=O) groups excluding carboxylic acids is 2. The van der Waals surface area contributed by atoms with E-state index in [0.29, 0.717) is 34.7 Å². The number of carboxylic acids is 1. The smallest absolute Gasteiger partial charge is 0.310 e. The molecule has 1 aliphatic carbocycles. The van der Waals surface area contributed by atoms with Crippen molar-refractivity contribution in [2.75, 3.05) is 6.54 Å². The lowest BCUT2D eigenvalue weighted by Crippen LogP contribution is -2.45. The summed E-state index contributed by atoms with van der Waals surface area (Å²) in [6, 6.07) is 11.8. The summed E-state index contributed by atoms with van der Waals surface area (Å²) in [5, 5.41) is 10.5. The van der Waals surface area contributed by atoms with E-state index in [1.165, 1.54) is 23.5 Å². The average Bonchev–Trinajstić information content (AvgIpc) is 3.29. The summed E-state index contributed by atoms with van der Waals surface area (Å²) >= 11 is 1.23. The monoisotopic (exact) mass is 604 g/mol. The Hall–Kier alpha value is -3.59. The molecule has 2 aromatic carbocycles. The van der Waals surface area contributed by atoms with Gasteiger partial charge in [0.15, 0.2) is 5.78 Å². The molecular weight excluding hydrogens is 567 g/mol.